The second kappa shape index (κ2) is 8.03. The predicted molar refractivity (Wildman–Crippen MR) is 90.2 cm³/mol. The standard InChI is InChI=1S/C14H25N3O2S2/c1-5-17(6-2)9-10-20-14-8-7-12(11-13(14)15)21(18,19)16(3)4/h7-8,11H,5-6,9-10,15H2,1-4H3. The molecule has 0 radical (unpaired) electrons. The molecule has 1 aromatic carbocycles. The fourth-order valence-electron chi connectivity index (χ4n) is 1.85. The van der Waals surface area contributed by atoms with Crippen LogP contribution in [0.3, 0.4) is 0 Å². The van der Waals surface area contributed by atoms with Crippen LogP contribution in [0, 0.1) is 0 Å². The van der Waals surface area contributed by atoms with Crippen molar-refractivity contribution in [2.24, 2.45) is 0 Å². The van der Waals surface area contributed by atoms with Crippen LogP contribution in [-0.2, 0) is 10.0 Å². The van der Waals surface area contributed by atoms with Crippen LogP contribution < -0.4 is 5.73 Å². The zero-order chi connectivity index (χ0) is 16.0. The number of nitrogen functional groups attached to an aromatic ring is 1. The average molecular weight is 332 g/mol. The molecule has 21 heavy (non-hydrogen) atoms. The molecule has 0 saturated carbocycles. The van der Waals surface area contributed by atoms with E-state index in [1.54, 1.807) is 23.9 Å². The Morgan fingerprint density at radius 3 is 2.29 bits per heavy atom. The zero-order valence-electron chi connectivity index (χ0n) is 13.2. The number of hydrogen-bond donors (Lipinski definition) is 1. The second-order valence-corrected chi connectivity index (χ2v) is 8.15. The topological polar surface area (TPSA) is 66.6 Å². The Hall–Kier alpha value is -0.760. The van der Waals surface area contributed by atoms with E-state index in [4.69, 9.17) is 5.73 Å². The summed E-state index contributed by atoms with van der Waals surface area (Å²) in [5.74, 6) is 0.936. The first-order valence-electron chi connectivity index (χ1n) is 7.00. The van der Waals surface area contributed by atoms with E-state index in [0.717, 1.165) is 30.3 Å². The fourth-order valence-corrected chi connectivity index (χ4v) is 3.75. The van der Waals surface area contributed by atoms with E-state index < -0.39 is 10.0 Å². The Labute approximate surface area is 132 Å². The molecule has 1 aromatic rings. The van der Waals surface area contributed by atoms with Crippen LogP contribution >= 0.6 is 11.8 Å². The van der Waals surface area contributed by atoms with Gasteiger partial charge in [0.25, 0.3) is 0 Å². The van der Waals surface area contributed by atoms with Crippen LogP contribution in [0.1, 0.15) is 13.8 Å². The Kier molecular flexibility index (Phi) is 6.99. The highest BCUT2D eigenvalue weighted by atomic mass is 32.2. The third kappa shape index (κ3) is 4.88. The van der Waals surface area contributed by atoms with Crippen LogP contribution in [0.25, 0.3) is 0 Å². The van der Waals surface area contributed by atoms with E-state index in [-0.39, 0.29) is 4.90 Å². The van der Waals surface area contributed by atoms with Gasteiger partial charge >= 0.3 is 0 Å². The van der Waals surface area contributed by atoms with Crippen molar-refractivity contribution in [2.45, 2.75) is 23.6 Å². The lowest BCUT2D eigenvalue weighted by Crippen LogP contribution is -2.25. The van der Waals surface area contributed by atoms with Gasteiger partial charge in [-0.25, -0.2) is 12.7 Å². The molecule has 0 atom stereocenters. The van der Waals surface area contributed by atoms with Crippen molar-refractivity contribution in [1.82, 2.24) is 9.21 Å². The van der Waals surface area contributed by atoms with Gasteiger partial charge in [0, 0.05) is 37.0 Å². The molecule has 0 aliphatic heterocycles. The fraction of sp³-hybridized carbons (Fsp3) is 0.571. The molecule has 0 aliphatic rings. The van der Waals surface area contributed by atoms with Crippen molar-refractivity contribution < 1.29 is 8.42 Å². The third-order valence-electron chi connectivity index (χ3n) is 3.32. The molecule has 0 amide bonds. The molecule has 0 saturated heterocycles. The summed E-state index contributed by atoms with van der Waals surface area (Å²) in [4.78, 5) is 3.51. The van der Waals surface area contributed by atoms with Crippen LogP contribution in [0.5, 0.6) is 0 Å². The molecule has 0 aliphatic carbocycles. The summed E-state index contributed by atoms with van der Waals surface area (Å²) < 4.78 is 25.3. The Morgan fingerprint density at radius 1 is 1.19 bits per heavy atom. The second-order valence-electron chi connectivity index (χ2n) is 4.86. The van der Waals surface area contributed by atoms with Gasteiger partial charge in [0.2, 0.25) is 10.0 Å². The van der Waals surface area contributed by atoms with Crippen LogP contribution in [-0.4, -0.2) is 57.1 Å². The van der Waals surface area contributed by atoms with Gasteiger partial charge in [-0.1, -0.05) is 13.8 Å². The molecular formula is C14H25N3O2S2. The smallest absolute Gasteiger partial charge is 0.242 e. The first-order valence-corrected chi connectivity index (χ1v) is 9.42. The van der Waals surface area contributed by atoms with Gasteiger partial charge in [0.1, 0.15) is 0 Å². The van der Waals surface area contributed by atoms with E-state index in [1.807, 2.05) is 0 Å². The molecule has 0 bridgehead atoms. The number of rotatable bonds is 8. The lowest BCUT2D eigenvalue weighted by Gasteiger charge is -2.18. The highest BCUT2D eigenvalue weighted by molar-refractivity contribution is 7.99. The molecule has 2 N–H and O–H groups in total. The number of anilines is 1. The Bertz CT molecular complexity index is 555. The first kappa shape index (κ1) is 18.3. The largest absolute Gasteiger partial charge is 0.398 e. The van der Waals surface area contributed by atoms with E-state index in [0.29, 0.717) is 5.69 Å². The molecule has 0 heterocycles. The number of sulfonamides is 1. The van der Waals surface area contributed by atoms with Crippen molar-refractivity contribution in [2.75, 3.05) is 45.2 Å². The summed E-state index contributed by atoms with van der Waals surface area (Å²) in [5.41, 5.74) is 6.50. The lowest BCUT2D eigenvalue weighted by atomic mass is 10.3. The molecule has 120 valence electrons. The molecule has 0 aromatic heterocycles. The van der Waals surface area contributed by atoms with Gasteiger partial charge in [0.15, 0.2) is 0 Å². The summed E-state index contributed by atoms with van der Waals surface area (Å²) in [5, 5.41) is 0. The van der Waals surface area contributed by atoms with Gasteiger partial charge in [-0.15, -0.1) is 11.8 Å². The molecule has 0 unspecified atom stereocenters. The van der Waals surface area contributed by atoms with E-state index >= 15 is 0 Å². The molecule has 0 fully saturated rings. The molecule has 0 spiro atoms. The first-order chi connectivity index (χ1) is 9.82. The summed E-state index contributed by atoms with van der Waals surface area (Å²) in [6.45, 7) is 7.35. The molecule has 7 heteroatoms. The number of thioether (sulfide) groups is 1. The number of nitrogens with two attached hydrogens (primary N) is 1. The summed E-state index contributed by atoms with van der Waals surface area (Å²) >= 11 is 1.66. The summed E-state index contributed by atoms with van der Waals surface area (Å²) in [7, 11) is -0.398. The quantitative estimate of drug-likeness (QED) is 0.582. The minimum Gasteiger partial charge on any atom is -0.398 e. The van der Waals surface area contributed by atoms with E-state index in [9.17, 15) is 8.42 Å². The predicted octanol–water partition coefficient (Wildman–Crippen LogP) is 1.95. The van der Waals surface area contributed by atoms with Gasteiger partial charge in [-0.3, -0.25) is 0 Å². The number of benzene rings is 1. The molecule has 5 nitrogen and oxygen atoms in total. The van der Waals surface area contributed by atoms with Crippen molar-refractivity contribution in [3.8, 4) is 0 Å². The van der Waals surface area contributed by atoms with E-state index in [1.165, 1.54) is 24.5 Å². The SMILES string of the molecule is CCN(CC)CCSc1ccc(S(=O)(=O)N(C)C)cc1N. The van der Waals surface area contributed by atoms with Crippen molar-refractivity contribution >= 4 is 27.5 Å². The third-order valence-corrected chi connectivity index (χ3v) is 6.20. The van der Waals surface area contributed by atoms with Gasteiger partial charge in [-0.05, 0) is 31.3 Å². The highest BCUT2D eigenvalue weighted by Gasteiger charge is 2.18. The van der Waals surface area contributed by atoms with E-state index in [2.05, 4.69) is 18.7 Å². The lowest BCUT2D eigenvalue weighted by molar-refractivity contribution is 0.324. The number of hydrogen-bond acceptors (Lipinski definition) is 5. The van der Waals surface area contributed by atoms with Crippen molar-refractivity contribution in [3.05, 3.63) is 18.2 Å². The van der Waals surface area contributed by atoms with Gasteiger partial charge < -0.3 is 10.6 Å². The van der Waals surface area contributed by atoms with Gasteiger partial charge in [0.05, 0.1) is 4.90 Å². The monoisotopic (exact) mass is 331 g/mol. The van der Waals surface area contributed by atoms with Gasteiger partial charge in [-0.2, -0.15) is 0 Å². The van der Waals surface area contributed by atoms with Crippen LogP contribution in [0.15, 0.2) is 28.0 Å². The van der Waals surface area contributed by atoms with Crippen molar-refractivity contribution in [1.29, 1.82) is 0 Å². The normalized spacial score (nSPS) is 12.3. The van der Waals surface area contributed by atoms with Crippen LogP contribution in [0.2, 0.25) is 0 Å². The molecule has 1 rings (SSSR count). The summed E-state index contributed by atoms with van der Waals surface area (Å²) in [6.07, 6.45) is 0. The minimum absolute atomic E-state index is 0.234. The Balaban J connectivity index is 2.76. The molecular weight excluding hydrogens is 306 g/mol. The maximum absolute atomic E-state index is 12.0. The average Bonchev–Trinajstić information content (AvgIpc) is 2.44. The maximum atomic E-state index is 12.0. The number of nitrogens with zero attached hydrogens (tertiary/aromatic N) is 2. The highest BCUT2D eigenvalue weighted by Crippen LogP contribution is 2.28. The maximum Gasteiger partial charge on any atom is 0.242 e. The minimum atomic E-state index is -3.42. The van der Waals surface area contributed by atoms with Crippen LogP contribution in [0.4, 0.5) is 5.69 Å². The zero-order valence-corrected chi connectivity index (χ0v) is 14.8. The van der Waals surface area contributed by atoms with Crippen molar-refractivity contribution in [3.63, 3.8) is 0 Å². The Morgan fingerprint density at radius 2 is 1.81 bits per heavy atom. The summed E-state index contributed by atoms with van der Waals surface area (Å²) in [6, 6.07) is 4.94.